The summed E-state index contributed by atoms with van der Waals surface area (Å²) in [5, 5.41) is 14.8. The van der Waals surface area contributed by atoms with E-state index in [9.17, 15) is 9.59 Å². The van der Waals surface area contributed by atoms with Crippen molar-refractivity contribution >= 4 is 17.8 Å². The van der Waals surface area contributed by atoms with Crippen molar-refractivity contribution < 1.29 is 14.3 Å². The Hall–Kier alpha value is -2.75. The van der Waals surface area contributed by atoms with Gasteiger partial charge in [-0.25, -0.2) is 4.99 Å². The maximum Gasteiger partial charge on any atom is 0.233 e. The van der Waals surface area contributed by atoms with Gasteiger partial charge in [0.05, 0.1) is 11.8 Å². The van der Waals surface area contributed by atoms with E-state index in [1.165, 1.54) is 4.90 Å². The topological polar surface area (TPSA) is 114 Å². The summed E-state index contributed by atoms with van der Waals surface area (Å²) in [7, 11) is 1.91. The van der Waals surface area contributed by atoms with Crippen molar-refractivity contribution in [2.24, 2.45) is 35.7 Å². The molecule has 2 bridgehead atoms. The van der Waals surface area contributed by atoms with Crippen LogP contribution < -0.4 is 10.6 Å². The number of hydrogen-bond donors (Lipinski definition) is 2. The molecule has 0 radical (unpaired) electrons. The lowest BCUT2D eigenvalue weighted by Gasteiger charge is -2.19. The lowest BCUT2D eigenvalue weighted by molar-refractivity contribution is -0.140. The molecule has 2 aliphatic carbocycles. The molecule has 1 saturated carbocycles. The highest BCUT2D eigenvalue weighted by atomic mass is 16.5. The largest absolute Gasteiger partial charge is 0.382 e. The van der Waals surface area contributed by atoms with E-state index in [-0.39, 0.29) is 35.5 Å². The van der Waals surface area contributed by atoms with E-state index < -0.39 is 0 Å². The van der Waals surface area contributed by atoms with Crippen LogP contribution in [0.3, 0.4) is 0 Å². The number of nitrogens with one attached hydrogen (secondary N) is 2. The van der Waals surface area contributed by atoms with Crippen molar-refractivity contribution in [3.05, 3.63) is 23.8 Å². The van der Waals surface area contributed by atoms with E-state index >= 15 is 0 Å². The summed E-state index contributed by atoms with van der Waals surface area (Å²) >= 11 is 0. The number of hydrogen-bond acceptors (Lipinski definition) is 6. The van der Waals surface area contributed by atoms with Gasteiger partial charge in [0.25, 0.3) is 0 Å². The number of nitrogens with zero attached hydrogens (tertiary/aromatic N) is 5. The fourth-order valence-electron chi connectivity index (χ4n) is 4.91. The number of fused-ring (bicyclic) bond motifs is 5. The molecule has 1 aromatic heterocycles. The Labute approximate surface area is 188 Å². The average Bonchev–Trinajstić information content (AvgIpc) is 3.53. The van der Waals surface area contributed by atoms with Gasteiger partial charge in [0.15, 0.2) is 11.8 Å². The minimum atomic E-state index is -0.151. The Balaban J connectivity index is 1.32. The van der Waals surface area contributed by atoms with E-state index in [1.54, 1.807) is 0 Å². The van der Waals surface area contributed by atoms with Crippen molar-refractivity contribution in [2.75, 3.05) is 32.8 Å². The number of aromatic nitrogens is 3. The van der Waals surface area contributed by atoms with Gasteiger partial charge in [-0.05, 0) is 38.5 Å². The number of carbonyl (C=O) groups excluding carboxylic acids is 2. The fourth-order valence-corrected chi connectivity index (χ4v) is 4.91. The highest BCUT2D eigenvalue weighted by Crippen LogP contribution is 2.52. The normalized spacial score (nSPS) is 26.3. The maximum atomic E-state index is 12.9. The van der Waals surface area contributed by atoms with Crippen LogP contribution in [0.5, 0.6) is 0 Å². The summed E-state index contributed by atoms with van der Waals surface area (Å²) in [5.41, 5.74) is 0. The number of guanidine groups is 1. The number of rotatable bonds is 10. The molecule has 4 rings (SSSR count). The highest BCUT2D eigenvalue weighted by molar-refractivity contribution is 6.06. The molecule has 32 heavy (non-hydrogen) atoms. The number of carbonyl (C=O) groups is 2. The monoisotopic (exact) mass is 443 g/mol. The van der Waals surface area contributed by atoms with Crippen molar-refractivity contribution in [3.63, 3.8) is 0 Å². The molecule has 2 N–H and O–H groups in total. The summed E-state index contributed by atoms with van der Waals surface area (Å²) in [6, 6.07) is 0. The number of aliphatic imine (C=N–C) groups is 1. The Morgan fingerprint density at radius 1 is 1.16 bits per heavy atom. The zero-order chi connectivity index (χ0) is 22.7. The van der Waals surface area contributed by atoms with Gasteiger partial charge in [0.1, 0.15) is 12.4 Å². The molecular weight excluding hydrogens is 410 g/mol. The minimum absolute atomic E-state index is 0.0172. The van der Waals surface area contributed by atoms with Gasteiger partial charge in [0, 0.05) is 39.9 Å². The molecule has 2 amide bonds. The summed E-state index contributed by atoms with van der Waals surface area (Å²) in [5.74, 6) is 2.34. The third-order valence-electron chi connectivity index (χ3n) is 6.71. The van der Waals surface area contributed by atoms with E-state index in [0.29, 0.717) is 45.4 Å². The van der Waals surface area contributed by atoms with Gasteiger partial charge in [0.2, 0.25) is 11.8 Å². The number of ether oxygens (including phenoxy) is 1. The van der Waals surface area contributed by atoms with Crippen LogP contribution in [0.15, 0.2) is 17.1 Å². The molecular formula is C22H33N7O3. The second-order valence-electron chi connectivity index (χ2n) is 8.62. The molecule has 0 aromatic carbocycles. The molecule has 174 valence electrons. The molecule has 10 nitrogen and oxygen atoms in total. The summed E-state index contributed by atoms with van der Waals surface area (Å²) in [4.78, 5) is 31.8. The first kappa shape index (κ1) is 22.4. The molecule has 2 heterocycles. The maximum absolute atomic E-state index is 12.9. The van der Waals surface area contributed by atoms with Crippen LogP contribution in [-0.2, 0) is 27.9 Å². The zero-order valence-corrected chi connectivity index (χ0v) is 19.1. The lowest BCUT2D eigenvalue weighted by Crippen LogP contribution is -2.44. The molecule has 1 aromatic rings. The van der Waals surface area contributed by atoms with Crippen molar-refractivity contribution in [1.82, 2.24) is 30.3 Å². The standard InChI is InChI=1S/C22H33N7O3/c1-4-32-11-5-8-23-22(25-13-17-27-26-14(2)28(17)3)24-9-10-29-20(30)18-15-6-7-16(12-15)19(18)21(29)31/h6-7,15-16,18-19H,4-5,8-13H2,1-3H3,(H2,23,24,25). The van der Waals surface area contributed by atoms with Crippen molar-refractivity contribution in [3.8, 4) is 0 Å². The molecule has 3 aliphatic rings. The SMILES string of the molecule is CCOCCCNC(=NCc1nnc(C)n1C)NCCN1C(=O)C2C3C=CC(C3)C2C1=O. The smallest absolute Gasteiger partial charge is 0.233 e. The molecule has 10 heteroatoms. The van der Waals surface area contributed by atoms with E-state index in [1.807, 2.05) is 25.5 Å². The van der Waals surface area contributed by atoms with Crippen molar-refractivity contribution in [1.29, 1.82) is 0 Å². The van der Waals surface area contributed by atoms with Gasteiger partial charge < -0.3 is 19.9 Å². The van der Waals surface area contributed by atoms with Gasteiger partial charge >= 0.3 is 0 Å². The van der Waals surface area contributed by atoms with Gasteiger partial charge in [-0.1, -0.05) is 12.2 Å². The second kappa shape index (κ2) is 9.81. The van der Waals surface area contributed by atoms with Crippen LogP contribution in [0.1, 0.15) is 31.4 Å². The summed E-state index contributed by atoms with van der Waals surface area (Å²) < 4.78 is 7.29. The van der Waals surface area contributed by atoms with Crippen LogP contribution in [0.2, 0.25) is 0 Å². The molecule has 1 saturated heterocycles. The fraction of sp³-hybridized carbons (Fsp3) is 0.682. The Bertz CT molecular complexity index is 879. The van der Waals surface area contributed by atoms with Crippen molar-refractivity contribution in [2.45, 2.75) is 33.2 Å². The molecule has 4 atom stereocenters. The van der Waals surface area contributed by atoms with Crippen LogP contribution in [0, 0.1) is 30.6 Å². The number of aryl methyl sites for hydroxylation is 1. The predicted molar refractivity (Wildman–Crippen MR) is 118 cm³/mol. The van der Waals surface area contributed by atoms with Crippen LogP contribution >= 0.6 is 0 Å². The number of allylic oxidation sites excluding steroid dienone is 2. The molecule has 0 spiro atoms. The third-order valence-corrected chi connectivity index (χ3v) is 6.71. The van der Waals surface area contributed by atoms with E-state index in [4.69, 9.17) is 4.74 Å². The van der Waals surface area contributed by atoms with E-state index in [0.717, 1.165) is 24.5 Å². The van der Waals surface area contributed by atoms with Gasteiger partial charge in [-0.3, -0.25) is 14.5 Å². The second-order valence-corrected chi connectivity index (χ2v) is 8.62. The van der Waals surface area contributed by atoms with Gasteiger partial charge in [-0.2, -0.15) is 0 Å². The summed E-state index contributed by atoms with van der Waals surface area (Å²) in [6.07, 6.45) is 6.02. The number of likely N-dealkylation sites (tertiary alicyclic amines) is 1. The minimum Gasteiger partial charge on any atom is -0.382 e. The van der Waals surface area contributed by atoms with Crippen LogP contribution in [0.25, 0.3) is 0 Å². The molecule has 4 unspecified atom stereocenters. The Morgan fingerprint density at radius 3 is 2.47 bits per heavy atom. The zero-order valence-electron chi connectivity index (χ0n) is 19.1. The lowest BCUT2D eigenvalue weighted by atomic mass is 9.85. The van der Waals surface area contributed by atoms with Gasteiger partial charge in [-0.15, -0.1) is 10.2 Å². The number of imide groups is 1. The quantitative estimate of drug-likeness (QED) is 0.177. The first-order valence-corrected chi connectivity index (χ1v) is 11.5. The predicted octanol–water partition coefficient (Wildman–Crippen LogP) is 0.392. The first-order valence-electron chi connectivity index (χ1n) is 11.5. The average molecular weight is 444 g/mol. The molecule has 1 aliphatic heterocycles. The summed E-state index contributed by atoms with van der Waals surface area (Å²) in [6.45, 7) is 7.09. The van der Waals surface area contributed by atoms with E-state index in [2.05, 4.69) is 38.0 Å². The number of amides is 2. The van der Waals surface area contributed by atoms with Crippen LogP contribution in [-0.4, -0.2) is 70.3 Å². The highest BCUT2D eigenvalue weighted by Gasteiger charge is 2.58. The third kappa shape index (κ3) is 4.41. The Kier molecular flexibility index (Phi) is 6.88. The Morgan fingerprint density at radius 2 is 1.84 bits per heavy atom. The molecule has 2 fully saturated rings. The van der Waals surface area contributed by atoms with Crippen LogP contribution in [0.4, 0.5) is 0 Å². The first-order chi connectivity index (χ1) is 15.5.